The smallest absolute Gasteiger partial charge is 0.261 e. The molecule has 1 aromatic heterocycles. The Morgan fingerprint density at radius 2 is 2.00 bits per heavy atom. The Morgan fingerprint density at radius 3 is 2.83 bits per heavy atom. The molecule has 2 fully saturated rings. The standard InChI is InChI=1S/C22H21FN4O2.ClH/c23-16-5-3-4-14(8-16)21-18-10-24-9-15(18)11-27(21)20(28)12-26-13-25-19-7-2-1-6-17(19)22(26)29;/h1-8,13,15,18,21,24H,9-12H2;1H/t15-,18-,21+;/m0./s1. The first-order valence-electron chi connectivity index (χ1n) is 9.81. The van der Waals surface area contributed by atoms with E-state index in [9.17, 15) is 14.0 Å². The van der Waals surface area contributed by atoms with Crippen LogP contribution in [0, 0.1) is 17.7 Å². The third-order valence-electron chi connectivity index (χ3n) is 6.11. The van der Waals surface area contributed by atoms with Crippen molar-refractivity contribution in [3.8, 4) is 0 Å². The number of fused-ring (bicyclic) bond motifs is 2. The van der Waals surface area contributed by atoms with E-state index in [0.29, 0.717) is 23.4 Å². The highest BCUT2D eigenvalue weighted by Crippen LogP contribution is 2.42. The molecule has 2 aliphatic heterocycles. The molecule has 3 aromatic rings. The average Bonchev–Trinajstić information content (AvgIpc) is 3.31. The second-order valence-corrected chi connectivity index (χ2v) is 7.82. The maximum absolute atomic E-state index is 13.9. The zero-order valence-corrected chi connectivity index (χ0v) is 17.0. The van der Waals surface area contributed by atoms with Gasteiger partial charge < -0.3 is 10.2 Å². The SMILES string of the molecule is Cl.O=C(Cn1cnc2ccccc2c1=O)N1C[C@@H]2CNC[C@@H]2[C@H]1c1cccc(F)c1. The van der Waals surface area contributed by atoms with Crippen LogP contribution in [0.25, 0.3) is 10.9 Å². The molecule has 5 rings (SSSR count). The summed E-state index contributed by atoms with van der Waals surface area (Å²) in [4.78, 5) is 32.1. The lowest BCUT2D eigenvalue weighted by Gasteiger charge is -2.28. The number of carbonyl (C=O) groups is 1. The quantitative estimate of drug-likeness (QED) is 0.695. The summed E-state index contributed by atoms with van der Waals surface area (Å²) in [7, 11) is 0. The number of para-hydroxylation sites is 1. The summed E-state index contributed by atoms with van der Waals surface area (Å²) in [6.45, 7) is 2.17. The van der Waals surface area contributed by atoms with Gasteiger partial charge in [0.1, 0.15) is 12.4 Å². The lowest BCUT2D eigenvalue weighted by Crippen LogP contribution is -2.38. The van der Waals surface area contributed by atoms with Crippen LogP contribution < -0.4 is 10.9 Å². The third kappa shape index (κ3) is 3.48. The molecule has 1 N–H and O–H groups in total. The summed E-state index contributed by atoms with van der Waals surface area (Å²) in [6.07, 6.45) is 1.43. The minimum atomic E-state index is -0.306. The molecule has 0 bridgehead atoms. The van der Waals surface area contributed by atoms with E-state index in [1.165, 1.54) is 23.0 Å². The number of amides is 1. The summed E-state index contributed by atoms with van der Waals surface area (Å²) < 4.78 is 15.2. The first-order valence-corrected chi connectivity index (χ1v) is 9.81. The van der Waals surface area contributed by atoms with Crippen molar-refractivity contribution in [2.75, 3.05) is 19.6 Å². The molecule has 0 spiro atoms. The van der Waals surface area contributed by atoms with Gasteiger partial charge in [0.05, 0.1) is 23.3 Å². The minimum Gasteiger partial charge on any atom is -0.333 e. The molecule has 3 atom stereocenters. The number of likely N-dealkylation sites (tertiary alicyclic amines) is 1. The van der Waals surface area contributed by atoms with Gasteiger partial charge in [0.15, 0.2) is 0 Å². The number of hydrogen-bond acceptors (Lipinski definition) is 4. The Bertz CT molecular complexity index is 1150. The Balaban J connectivity index is 0.00000218. The van der Waals surface area contributed by atoms with Gasteiger partial charge in [-0.1, -0.05) is 24.3 Å². The molecule has 0 aliphatic carbocycles. The maximum Gasteiger partial charge on any atom is 0.261 e. The van der Waals surface area contributed by atoms with E-state index < -0.39 is 0 Å². The van der Waals surface area contributed by atoms with Crippen molar-refractivity contribution >= 4 is 29.2 Å². The van der Waals surface area contributed by atoms with Crippen molar-refractivity contribution in [2.45, 2.75) is 12.6 Å². The van der Waals surface area contributed by atoms with Gasteiger partial charge in [0.25, 0.3) is 5.56 Å². The number of carbonyl (C=O) groups excluding carboxylic acids is 1. The Kier molecular flexibility index (Phi) is 5.58. The van der Waals surface area contributed by atoms with E-state index in [1.54, 1.807) is 24.3 Å². The van der Waals surface area contributed by atoms with E-state index >= 15 is 0 Å². The van der Waals surface area contributed by atoms with Gasteiger partial charge in [0.2, 0.25) is 5.91 Å². The van der Waals surface area contributed by atoms with Gasteiger partial charge in [0, 0.05) is 25.6 Å². The highest BCUT2D eigenvalue weighted by molar-refractivity contribution is 5.85. The van der Waals surface area contributed by atoms with E-state index in [-0.39, 0.29) is 48.2 Å². The zero-order valence-electron chi connectivity index (χ0n) is 16.2. The van der Waals surface area contributed by atoms with Crippen molar-refractivity contribution < 1.29 is 9.18 Å². The molecule has 1 amide bonds. The van der Waals surface area contributed by atoms with Crippen LogP contribution in [0.15, 0.2) is 59.7 Å². The van der Waals surface area contributed by atoms with Crippen LogP contribution in [0.1, 0.15) is 11.6 Å². The Morgan fingerprint density at radius 1 is 1.17 bits per heavy atom. The van der Waals surface area contributed by atoms with Gasteiger partial charge in [-0.2, -0.15) is 0 Å². The zero-order chi connectivity index (χ0) is 20.0. The Labute approximate surface area is 179 Å². The van der Waals surface area contributed by atoms with Crippen LogP contribution in [-0.4, -0.2) is 40.0 Å². The van der Waals surface area contributed by atoms with Crippen molar-refractivity contribution in [3.63, 3.8) is 0 Å². The van der Waals surface area contributed by atoms with Gasteiger partial charge in [-0.05, 0) is 35.7 Å². The number of halogens is 2. The fourth-order valence-corrected chi connectivity index (χ4v) is 4.75. The van der Waals surface area contributed by atoms with E-state index in [0.717, 1.165) is 18.7 Å². The number of nitrogens with zero attached hydrogens (tertiary/aromatic N) is 3. The van der Waals surface area contributed by atoms with E-state index in [2.05, 4.69) is 10.3 Å². The fourth-order valence-electron chi connectivity index (χ4n) is 4.75. The summed E-state index contributed by atoms with van der Waals surface area (Å²) in [5.41, 5.74) is 1.19. The van der Waals surface area contributed by atoms with Crippen molar-refractivity contribution in [2.24, 2.45) is 11.8 Å². The number of rotatable bonds is 3. The largest absolute Gasteiger partial charge is 0.333 e. The number of nitrogens with one attached hydrogen (secondary N) is 1. The molecule has 2 saturated heterocycles. The van der Waals surface area contributed by atoms with Crippen LogP contribution in [0.4, 0.5) is 4.39 Å². The lowest BCUT2D eigenvalue weighted by molar-refractivity contribution is -0.133. The van der Waals surface area contributed by atoms with Crippen LogP contribution in [0.3, 0.4) is 0 Å². The summed E-state index contributed by atoms with van der Waals surface area (Å²) in [5.74, 6) is 0.123. The third-order valence-corrected chi connectivity index (χ3v) is 6.11. The second kappa shape index (κ2) is 8.16. The summed E-state index contributed by atoms with van der Waals surface area (Å²) in [6, 6.07) is 13.4. The molecule has 0 radical (unpaired) electrons. The highest BCUT2D eigenvalue weighted by atomic mass is 35.5. The Hall–Kier alpha value is -2.77. The molecule has 30 heavy (non-hydrogen) atoms. The lowest BCUT2D eigenvalue weighted by atomic mass is 9.89. The molecule has 2 aromatic carbocycles. The monoisotopic (exact) mass is 428 g/mol. The summed E-state index contributed by atoms with van der Waals surface area (Å²) in [5, 5.41) is 3.87. The van der Waals surface area contributed by atoms with Crippen LogP contribution in [0.5, 0.6) is 0 Å². The molecular weight excluding hydrogens is 407 g/mol. The normalized spacial score (nSPS) is 22.7. The van der Waals surface area contributed by atoms with E-state index in [4.69, 9.17) is 0 Å². The molecular formula is C22H22ClFN4O2. The first-order chi connectivity index (χ1) is 14.1. The molecule has 156 valence electrons. The van der Waals surface area contributed by atoms with Gasteiger partial charge in [-0.25, -0.2) is 9.37 Å². The van der Waals surface area contributed by atoms with Crippen LogP contribution in [0.2, 0.25) is 0 Å². The topological polar surface area (TPSA) is 67.2 Å². The molecule has 0 unspecified atom stereocenters. The fraction of sp³-hybridized carbons (Fsp3) is 0.318. The molecule has 0 saturated carbocycles. The van der Waals surface area contributed by atoms with Gasteiger partial charge in [-0.3, -0.25) is 14.2 Å². The average molecular weight is 429 g/mol. The van der Waals surface area contributed by atoms with Crippen LogP contribution in [-0.2, 0) is 11.3 Å². The maximum atomic E-state index is 13.9. The van der Waals surface area contributed by atoms with Crippen molar-refractivity contribution in [1.29, 1.82) is 0 Å². The molecule has 3 heterocycles. The number of aromatic nitrogens is 2. The van der Waals surface area contributed by atoms with Crippen molar-refractivity contribution in [3.05, 3.63) is 76.6 Å². The molecule has 2 aliphatic rings. The highest BCUT2D eigenvalue weighted by Gasteiger charge is 2.46. The number of hydrogen-bond donors (Lipinski definition) is 1. The molecule has 6 nitrogen and oxygen atoms in total. The first kappa shape index (κ1) is 20.5. The van der Waals surface area contributed by atoms with E-state index in [1.807, 2.05) is 17.0 Å². The van der Waals surface area contributed by atoms with Gasteiger partial charge >= 0.3 is 0 Å². The van der Waals surface area contributed by atoms with Crippen molar-refractivity contribution in [1.82, 2.24) is 19.8 Å². The second-order valence-electron chi connectivity index (χ2n) is 7.82. The van der Waals surface area contributed by atoms with Gasteiger partial charge in [-0.15, -0.1) is 12.4 Å². The van der Waals surface area contributed by atoms with Crippen LogP contribution >= 0.6 is 12.4 Å². The predicted molar refractivity (Wildman–Crippen MR) is 114 cm³/mol. The minimum absolute atomic E-state index is 0. The summed E-state index contributed by atoms with van der Waals surface area (Å²) >= 11 is 0. The molecule has 8 heteroatoms. The number of benzene rings is 2. The predicted octanol–water partition coefficient (Wildman–Crippen LogP) is 2.38.